The third-order valence-electron chi connectivity index (χ3n) is 7.12. The smallest absolute Gasteiger partial charge is 0.156 e. The second kappa shape index (κ2) is 10.9. The summed E-state index contributed by atoms with van der Waals surface area (Å²) in [6.07, 6.45) is 3.07. The van der Waals surface area contributed by atoms with Crippen molar-refractivity contribution in [1.82, 2.24) is 14.8 Å². The SMILES string of the molecule is COc1ccc(CCC2CN(C3=Nc4ccccc4Cc4sc(C(C)(C)C)nc43)CCN2C)cc1.Cl. The van der Waals surface area contributed by atoms with Gasteiger partial charge in [-0.15, -0.1) is 23.7 Å². The lowest BCUT2D eigenvalue weighted by atomic mass is 9.98. The molecule has 1 saturated heterocycles. The van der Waals surface area contributed by atoms with Gasteiger partial charge in [-0.2, -0.15) is 0 Å². The Hall–Kier alpha value is -2.41. The molecule has 3 heterocycles. The number of aliphatic imine (C=N–C) groups is 1. The predicted octanol–water partition coefficient (Wildman–Crippen LogP) is 6.10. The molecule has 0 spiro atoms. The molecule has 2 aliphatic rings. The van der Waals surface area contributed by atoms with E-state index in [1.54, 1.807) is 7.11 Å². The zero-order valence-corrected chi connectivity index (χ0v) is 23.6. The average Bonchev–Trinajstić information content (AvgIpc) is 3.21. The number of nitrogens with zero attached hydrogens (tertiary/aromatic N) is 4. The van der Waals surface area contributed by atoms with E-state index in [0.29, 0.717) is 6.04 Å². The largest absolute Gasteiger partial charge is 0.497 e. The van der Waals surface area contributed by atoms with Gasteiger partial charge in [-0.1, -0.05) is 51.1 Å². The molecule has 192 valence electrons. The van der Waals surface area contributed by atoms with Gasteiger partial charge in [-0.25, -0.2) is 9.98 Å². The maximum atomic E-state index is 5.32. The van der Waals surface area contributed by atoms with E-state index in [2.05, 4.69) is 86.1 Å². The summed E-state index contributed by atoms with van der Waals surface area (Å²) in [6.45, 7) is 9.72. The van der Waals surface area contributed by atoms with E-state index < -0.39 is 0 Å². The van der Waals surface area contributed by atoms with Crippen LogP contribution in [0.4, 0.5) is 5.69 Å². The van der Waals surface area contributed by atoms with Crippen molar-refractivity contribution in [2.45, 2.75) is 51.5 Å². The quantitative estimate of drug-likeness (QED) is 0.413. The summed E-state index contributed by atoms with van der Waals surface area (Å²) in [4.78, 5) is 16.8. The van der Waals surface area contributed by atoms with E-state index >= 15 is 0 Å². The molecule has 0 N–H and O–H groups in total. The second-order valence-electron chi connectivity index (χ2n) is 10.7. The number of ether oxygens (including phenoxy) is 1. The van der Waals surface area contributed by atoms with Crippen LogP contribution < -0.4 is 4.74 Å². The predicted molar refractivity (Wildman–Crippen MR) is 153 cm³/mol. The van der Waals surface area contributed by atoms with Gasteiger partial charge in [0.15, 0.2) is 5.84 Å². The summed E-state index contributed by atoms with van der Waals surface area (Å²) in [5, 5.41) is 1.19. The van der Waals surface area contributed by atoms with E-state index in [1.165, 1.54) is 21.0 Å². The first-order chi connectivity index (χ1) is 16.8. The van der Waals surface area contributed by atoms with Crippen molar-refractivity contribution in [2.24, 2.45) is 4.99 Å². The Labute approximate surface area is 225 Å². The van der Waals surface area contributed by atoms with E-state index in [-0.39, 0.29) is 17.8 Å². The fraction of sp³-hybridized carbons (Fsp3) is 0.448. The molecule has 5 nitrogen and oxygen atoms in total. The number of piperazine rings is 1. The lowest BCUT2D eigenvalue weighted by Crippen LogP contribution is -2.53. The van der Waals surface area contributed by atoms with E-state index in [0.717, 1.165) is 61.9 Å². The Morgan fingerprint density at radius 3 is 2.53 bits per heavy atom. The van der Waals surface area contributed by atoms with Crippen LogP contribution in [0, 0.1) is 0 Å². The first-order valence-corrected chi connectivity index (χ1v) is 13.4. The number of fused-ring (bicyclic) bond motifs is 2. The zero-order chi connectivity index (χ0) is 24.6. The Kier molecular flexibility index (Phi) is 8.08. The minimum Gasteiger partial charge on any atom is -0.497 e. The number of para-hydroxylation sites is 1. The standard InChI is InChI=1S/C29H36N4OS.ClH/c1-29(2,3)28-31-26-25(35-28)18-21-8-6-7-9-24(21)30-27(26)33-17-16-32(4)22(19-33)13-10-20-11-14-23(34-5)15-12-20;/h6-9,11-12,14-15,22H,10,13,16-19H2,1-5H3;1H. The van der Waals surface area contributed by atoms with Crippen LogP contribution >= 0.6 is 23.7 Å². The molecule has 36 heavy (non-hydrogen) atoms. The summed E-state index contributed by atoms with van der Waals surface area (Å²) in [7, 11) is 3.97. The number of aromatic nitrogens is 1. The van der Waals surface area contributed by atoms with Gasteiger partial charge < -0.3 is 9.64 Å². The Bertz CT molecular complexity index is 1210. The topological polar surface area (TPSA) is 41.0 Å². The van der Waals surface area contributed by atoms with Gasteiger partial charge in [-0.3, -0.25) is 4.90 Å². The third-order valence-corrected chi connectivity index (χ3v) is 8.60. The summed E-state index contributed by atoms with van der Waals surface area (Å²) in [5.74, 6) is 1.97. The lowest BCUT2D eigenvalue weighted by Gasteiger charge is -2.40. The number of rotatable bonds is 4. The van der Waals surface area contributed by atoms with Crippen molar-refractivity contribution in [3.63, 3.8) is 0 Å². The zero-order valence-electron chi connectivity index (χ0n) is 22.0. The fourth-order valence-electron chi connectivity index (χ4n) is 4.87. The molecule has 1 atom stereocenters. The van der Waals surface area contributed by atoms with Crippen LogP contribution in [0.3, 0.4) is 0 Å². The highest BCUT2D eigenvalue weighted by Crippen LogP contribution is 2.36. The van der Waals surface area contributed by atoms with E-state index in [9.17, 15) is 0 Å². The lowest BCUT2D eigenvalue weighted by molar-refractivity contribution is 0.134. The minimum atomic E-state index is 0. The molecular formula is C29H37ClN4OS. The summed E-state index contributed by atoms with van der Waals surface area (Å²) in [6, 6.07) is 17.5. The molecule has 1 unspecified atom stereocenters. The number of halogens is 1. The van der Waals surface area contributed by atoms with Crippen molar-refractivity contribution < 1.29 is 4.74 Å². The van der Waals surface area contributed by atoms with Crippen molar-refractivity contribution in [3.05, 3.63) is 75.2 Å². The van der Waals surface area contributed by atoms with Crippen LogP contribution in [-0.2, 0) is 18.3 Å². The highest BCUT2D eigenvalue weighted by molar-refractivity contribution is 7.12. The Morgan fingerprint density at radius 2 is 1.81 bits per heavy atom. The summed E-state index contributed by atoms with van der Waals surface area (Å²) in [5.41, 5.74) is 4.85. The number of hydrogen-bond donors (Lipinski definition) is 0. The molecule has 3 aromatic rings. The van der Waals surface area contributed by atoms with Crippen molar-refractivity contribution in [1.29, 1.82) is 0 Å². The first-order valence-electron chi connectivity index (χ1n) is 12.6. The number of hydrogen-bond acceptors (Lipinski definition) is 6. The Morgan fingerprint density at radius 1 is 1.06 bits per heavy atom. The van der Waals surface area contributed by atoms with E-state index in [1.807, 2.05) is 11.3 Å². The van der Waals surface area contributed by atoms with Crippen LogP contribution in [0.15, 0.2) is 53.5 Å². The van der Waals surface area contributed by atoms with Crippen molar-refractivity contribution in [3.8, 4) is 5.75 Å². The van der Waals surface area contributed by atoms with E-state index in [4.69, 9.17) is 14.7 Å². The molecule has 0 bridgehead atoms. The molecule has 0 aliphatic carbocycles. The number of likely N-dealkylation sites (N-methyl/N-ethyl adjacent to an activating group) is 1. The maximum Gasteiger partial charge on any atom is 0.156 e. The van der Waals surface area contributed by atoms with Crippen LogP contribution in [0.1, 0.15) is 53.9 Å². The highest BCUT2D eigenvalue weighted by atomic mass is 35.5. The molecule has 0 amide bonds. The molecule has 2 aromatic carbocycles. The van der Waals surface area contributed by atoms with Crippen molar-refractivity contribution in [2.75, 3.05) is 33.8 Å². The normalized spacial score (nSPS) is 18.0. The molecule has 2 aliphatic heterocycles. The van der Waals surface area contributed by atoms with Crippen molar-refractivity contribution >= 4 is 35.3 Å². The van der Waals surface area contributed by atoms with Gasteiger partial charge in [0, 0.05) is 42.4 Å². The van der Waals surface area contributed by atoms with Crippen LogP contribution in [0.5, 0.6) is 5.75 Å². The molecule has 0 saturated carbocycles. The minimum absolute atomic E-state index is 0. The molecule has 0 radical (unpaired) electrons. The van der Waals surface area contributed by atoms with Gasteiger partial charge >= 0.3 is 0 Å². The summed E-state index contributed by atoms with van der Waals surface area (Å²) >= 11 is 1.86. The van der Waals surface area contributed by atoms with Crippen LogP contribution in [-0.4, -0.2) is 60.5 Å². The number of amidine groups is 1. The monoisotopic (exact) mass is 524 g/mol. The van der Waals surface area contributed by atoms with Gasteiger partial charge in [0.05, 0.1) is 17.8 Å². The molecule has 7 heteroatoms. The fourth-order valence-corrected chi connectivity index (χ4v) is 6.01. The average molecular weight is 525 g/mol. The number of thiazole rings is 1. The van der Waals surface area contributed by atoms with Crippen LogP contribution in [0.2, 0.25) is 0 Å². The number of aryl methyl sites for hydroxylation is 1. The van der Waals surface area contributed by atoms with Gasteiger partial charge in [0.2, 0.25) is 0 Å². The first kappa shape index (κ1) is 26.6. The van der Waals surface area contributed by atoms with Gasteiger partial charge in [-0.05, 0) is 49.2 Å². The number of benzene rings is 2. The van der Waals surface area contributed by atoms with Gasteiger partial charge in [0.1, 0.15) is 11.4 Å². The molecule has 1 fully saturated rings. The second-order valence-corrected chi connectivity index (χ2v) is 11.8. The Balaban J connectivity index is 0.00000304. The maximum absolute atomic E-state index is 5.32. The number of methoxy groups -OCH3 is 1. The van der Waals surface area contributed by atoms with Gasteiger partial charge in [0.25, 0.3) is 0 Å². The highest BCUT2D eigenvalue weighted by Gasteiger charge is 2.32. The molecule has 1 aromatic heterocycles. The molecule has 5 rings (SSSR count). The summed E-state index contributed by atoms with van der Waals surface area (Å²) < 4.78 is 5.32. The third kappa shape index (κ3) is 5.61. The van der Waals surface area contributed by atoms with Crippen LogP contribution in [0.25, 0.3) is 0 Å². The molecular weight excluding hydrogens is 488 g/mol.